The fourth-order valence-electron chi connectivity index (χ4n) is 2.69. The second kappa shape index (κ2) is 5.53. The van der Waals surface area contributed by atoms with Crippen molar-refractivity contribution in [3.8, 4) is 0 Å². The van der Waals surface area contributed by atoms with Crippen LogP contribution in [0.2, 0.25) is 0 Å². The topological polar surface area (TPSA) is 42.7 Å². The molecule has 0 amide bonds. The molecule has 1 fully saturated rings. The zero-order chi connectivity index (χ0) is 13.1. The highest BCUT2D eigenvalue weighted by atomic mass is 15.3. The lowest BCUT2D eigenvalue weighted by atomic mass is 10.0. The third-order valence-corrected chi connectivity index (χ3v) is 3.83. The molecule has 1 aliphatic heterocycles. The number of aromatic nitrogens is 3. The van der Waals surface area contributed by atoms with Crippen molar-refractivity contribution in [1.82, 2.24) is 20.1 Å². The van der Waals surface area contributed by atoms with Gasteiger partial charge < -0.3 is 9.88 Å². The van der Waals surface area contributed by atoms with Gasteiger partial charge in [0.05, 0.1) is 6.54 Å². The Morgan fingerprint density at radius 1 is 1.26 bits per heavy atom. The third-order valence-electron chi connectivity index (χ3n) is 3.83. The number of rotatable bonds is 4. The maximum absolute atomic E-state index is 4.36. The lowest BCUT2D eigenvalue weighted by Crippen LogP contribution is -2.14. The van der Waals surface area contributed by atoms with Gasteiger partial charge in [-0.25, -0.2) is 0 Å². The van der Waals surface area contributed by atoms with Crippen LogP contribution in [0.1, 0.15) is 23.6 Å². The zero-order valence-corrected chi connectivity index (χ0v) is 11.3. The summed E-state index contributed by atoms with van der Waals surface area (Å²) in [5.74, 6) is 2.83. The average molecular weight is 256 g/mol. The van der Waals surface area contributed by atoms with Crippen LogP contribution < -0.4 is 5.32 Å². The molecule has 1 aromatic carbocycles. The molecule has 0 saturated carbocycles. The van der Waals surface area contributed by atoms with Gasteiger partial charge in [0, 0.05) is 6.42 Å². The van der Waals surface area contributed by atoms with Crippen molar-refractivity contribution in [2.45, 2.75) is 26.3 Å². The molecule has 2 heterocycles. The van der Waals surface area contributed by atoms with E-state index in [1.165, 1.54) is 12.0 Å². The van der Waals surface area contributed by atoms with Gasteiger partial charge in [0.2, 0.25) is 0 Å². The summed E-state index contributed by atoms with van der Waals surface area (Å²) in [5.41, 5.74) is 1.30. The van der Waals surface area contributed by atoms with Gasteiger partial charge in [0.15, 0.2) is 0 Å². The van der Waals surface area contributed by atoms with Crippen LogP contribution in [0.15, 0.2) is 30.3 Å². The Balaban J connectivity index is 1.78. The van der Waals surface area contributed by atoms with Crippen LogP contribution in [-0.2, 0) is 13.0 Å². The first-order valence-electron chi connectivity index (χ1n) is 6.96. The zero-order valence-electron chi connectivity index (χ0n) is 11.3. The summed E-state index contributed by atoms with van der Waals surface area (Å²) in [4.78, 5) is 0. The van der Waals surface area contributed by atoms with E-state index in [2.05, 4.69) is 44.3 Å². The van der Waals surface area contributed by atoms with Gasteiger partial charge in [-0.05, 0) is 37.9 Å². The van der Waals surface area contributed by atoms with Crippen LogP contribution in [0, 0.1) is 12.8 Å². The van der Waals surface area contributed by atoms with E-state index < -0.39 is 0 Å². The maximum Gasteiger partial charge on any atom is 0.133 e. The molecule has 1 aromatic heterocycles. The lowest BCUT2D eigenvalue weighted by molar-refractivity contribution is 0.540. The van der Waals surface area contributed by atoms with Crippen molar-refractivity contribution < 1.29 is 0 Å². The maximum atomic E-state index is 4.36. The highest BCUT2D eigenvalue weighted by molar-refractivity contribution is 5.16. The second-order valence-corrected chi connectivity index (χ2v) is 5.30. The van der Waals surface area contributed by atoms with Crippen LogP contribution in [0.4, 0.5) is 0 Å². The normalized spacial score (nSPS) is 18.9. The van der Waals surface area contributed by atoms with Crippen molar-refractivity contribution in [3.63, 3.8) is 0 Å². The van der Waals surface area contributed by atoms with E-state index in [4.69, 9.17) is 0 Å². The van der Waals surface area contributed by atoms with Gasteiger partial charge in [-0.1, -0.05) is 30.3 Å². The minimum atomic E-state index is 0.707. The standard InChI is InChI=1S/C15H20N4/c1-12-17-18-15(9-14-7-8-16-10-14)19(12)11-13-5-3-2-4-6-13/h2-6,14,16H,7-11H2,1H3. The quantitative estimate of drug-likeness (QED) is 0.907. The van der Waals surface area contributed by atoms with Gasteiger partial charge in [0.25, 0.3) is 0 Å². The van der Waals surface area contributed by atoms with E-state index in [9.17, 15) is 0 Å². The summed E-state index contributed by atoms with van der Waals surface area (Å²) >= 11 is 0. The highest BCUT2D eigenvalue weighted by Gasteiger charge is 2.19. The SMILES string of the molecule is Cc1nnc(CC2CCNC2)n1Cc1ccccc1. The second-order valence-electron chi connectivity index (χ2n) is 5.30. The van der Waals surface area contributed by atoms with E-state index in [0.29, 0.717) is 5.92 Å². The average Bonchev–Trinajstić information content (AvgIpc) is 3.05. The van der Waals surface area contributed by atoms with Gasteiger partial charge >= 0.3 is 0 Å². The van der Waals surface area contributed by atoms with E-state index in [-0.39, 0.29) is 0 Å². The largest absolute Gasteiger partial charge is 0.316 e. The van der Waals surface area contributed by atoms with Crippen LogP contribution in [-0.4, -0.2) is 27.9 Å². The molecular formula is C15H20N4. The molecule has 1 N–H and O–H groups in total. The number of hydrogen-bond acceptors (Lipinski definition) is 3. The molecule has 0 spiro atoms. The molecule has 19 heavy (non-hydrogen) atoms. The predicted molar refractivity (Wildman–Crippen MR) is 75.0 cm³/mol. The van der Waals surface area contributed by atoms with E-state index >= 15 is 0 Å². The van der Waals surface area contributed by atoms with Crippen molar-refractivity contribution in [3.05, 3.63) is 47.5 Å². The minimum absolute atomic E-state index is 0.707. The Labute approximate surface area is 113 Å². The Morgan fingerprint density at radius 3 is 2.84 bits per heavy atom. The molecule has 0 radical (unpaired) electrons. The van der Waals surface area contributed by atoms with Crippen LogP contribution in [0.3, 0.4) is 0 Å². The first-order valence-corrected chi connectivity index (χ1v) is 6.96. The molecule has 4 nitrogen and oxygen atoms in total. The van der Waals surface area contributed by atoms with Gasteiger partial charge in [-0.15, -0.1) is 10.2 Å². The molecule has 0 aliphatic carbocycles. The van der Waals surface area contributed by atoms with Crippen molar-refractivity contribution >= 4 is 0 Å². The van der Waals surface area contributed by atoms with E-state index in [1.54, 1.807) is 0 Å². The smallest absolute Gasteiger partial charge is 0.133 e. The number of nitrogens with zero attached hydrogens (tertiary/aromatic N) is 3. The number of aryl methyl sites for hydroxylation is 1. The van der Waals surface area contributed by atoms with E-state index in [1.807, 2.05) is 13.0 Å². The molecule has 3 rings (SSSR count). The van der Waals surface area contributed by atoms with Gasteiger partial charge in [0.1, 0.15) is 11.6 Å². The summed E-state index contributed by atoms with van der Waals surface area (Å²) in [6.45, 7) is 5.15. The number of hydrogen-bond donors (Lipinski definition) is 1. The number of nitrogens with one attached hydrogen (secondary N) is 1. The molecule has 1 aliphatic rings. The predicted octanol–water partition coefficient (Wildman–Crippen LogP) is 1.79. The highest BCUT2D eigenvalue weighted by Crippen LogP contribution is 2.16. The molecule has 2 aromatic rings. The molecule has 1 unspecified atom stereocenters. The summed E-state index contributed by atoms with van der Waals surface area (Å²) in [5, 5.41) is 12.0. The van der Waals surface area contributed by atoms with Gasteiger partial charge in [-0.3, -0.25) is 0 Å². The Morgan fingerprint density at radius 2 is 2.11 bits per heavy atom. The molecule has 4 heteroatoms. The molecule has 1 saturated heterocycles. The molecule has 100 valence electrons. The summed E-state index contributed by atoms with van der Waals surface area (Å²) in [7, 11) is 0. The minimum Gasteiger partial charge on any atom is -0.316 e. The third kappa shape index (κ3) is 2.84. The first kappa shape index (κ1) is 12.4. The fraction of sp³-hybridized carbons (Fsp3) is 0.467. The molecule has 1 atom stereocenters. The monoisotopic (exact) mass is 256 g/mol. The summed E-state index contributed by atoms with van der Waals surface area (Å²) in [6, 6.07) is 10.5. The summed E-state index contributed by atoms with van der Waals surface area (Å²) in [6.07, 6.45) is 2.28. The fourth-order valence-corrected chi connectivity index (χ4v) is 2.69. The first-order chi connectivity index (χ1) is 9.33. The van der Waals surface area contributed by atoms with Crippen molar-refractivity contribution in [2.24, 2.45) is 5.92 Å². The Hall–Kier alpha value is -1.68. The van der Waals surface area contributed by atoms with Crippen molar-refractivity contribution in [1.29, 1.82) is 0 Å². The lowest BCUT2D eigenvalue weighted by Gasteiger charge is -2.11. The molecule has 0 bridgehead atoms. The number of benzene rings is 1. The Kier molecular flexibility index (Phi) is 3.60. The Bertz CT molecular complexity index is 526. The van der Waals surface area contributed by atoms with Crippen LogP contribution >= 0.6 is 0 Å². The molecular weight excluding hydrogens is 236 g/mol. The van der Waals surface area contributed by atoms with E-state index in [0.717, 1.165) is 37.7 Å². The summed E-state index contributed by atoms with van der Waals surface area (Å²) < 4.78 is 2.24. The van der Waals surface area contributed by atoms with Crippen LogP contribution in [0.25, 0.3) is 0 Å². The van der Waals surface area contributed by atoms with Crippen molar-refractivity contribution in [2.75, 3.05) is 13.1 Å². The van der Waals surface area contributed by atoms with Gasteiger partial charge in [-0.2, -0.15) is 0 Å². The van der Waals surface area contributed by atoms with Crippen LogP contribution in [0.5, 0.6) is 0 Å².